The summed E-state index contributed by atoms with van der Waals surface area (Å²) in [7, 11) is 0. The molecule has 0 aliphatic rings. The van der Waals surface area contributed by atoms with Gasteiger partial charge in [0.05, 0.1) is 0 Å². The summed E-state index contributed by atoms with van der Waals surface area (Å²) in [5.41, 5.74) is 0. The number of hydrogen-bond acceptors (Lipinski definition) is 6. The molecule has 0 aliphatic heterocycles. The third-order valence-electron chi connectivity index (χ3n) is 15.2. The van der Waals surface area contributed by atoms with E-state index in [1.807, 2.05) is 0 Å². The maximum absolute atomic E-state index is 13.0. The lowest BCUT2D eigenvalue weighted by atomic mass is 10.1. The van der Waals surface area contributed by atoms with E-state index in [4.69, 9.17) is 14.2 Å². The lowest BCUT2D eigenvalue weighted by Crippen LogP contribution is -2.30. The number of carbonyl (C=O) groups excluding carboxylic acids is 3. The summed E-state index contributed by atoms with van der Waals surface area (Å²) in [6.07, 6.45) is 96.7. The first-order chi connectivity index (χ1) is 41.0. The van der Waals surface area contributed by atoms with E-state index < -0.39 is 6.10 Å². The molecule has 476 valence electrons. The third kappa shape index (κ3) is 68.7. The van der Waals surface area contributed by atoms with Crippen LogP contribution >= 0.6 is 0 Å². The molecule has 0 saturated carbocycles. The first-order valence-electron chi connectivity index (χ1n) is 35.4. The van der Waals surface area contributed by atoms with Gasteiger partial charge in [0.1, 0.15) is 13.2 Å². The molecule has 0 aromatic carbocycles. The number of carbonyl (C=O) groups is 3. The van der Waals surface area contributed by atoms with Gasteiger partial charge in [0.25, 0.3) is 0 Å². The quantitative estimate of drug-likeness (QED) is 0.0261. The summed E-state index contributed by atoms with van der Waals surface area (Å²) >= 11 is 0. The second kappa shape index (κ2) is 70.6. The largest absolute Gasteiger partial charge is 0.462 e. The summed E-state index contributed by atoms with van der Waals surface area (Å²) in [4.78, 5) is 38.5. The van der Waals surface area contributed by atoms with Crippen molar-refractivity contribution in [2.45, 2.75) is 348 Å². The number of ether oxygens (including phenoxy) is 3. The van der Waals surface area contributed by atoms with E-state index in [2.05, 4.69) is 130 Å². The normalized spacial score (nSPS) is 12.8. The summed E-state index contributed by atoms with van der Waals surface area (Å²) < 4.78 is 17.0. The van der Waals surface area contributed by atoms with Gasteiger partial charge >= 0.3 is 17.9 Å². The number of esters is 3. The summed E-state index contributed by atoms with van der Waals surface area (Å²) in [5, 5.41) is 0. The predicted molar refractivity (Wildman–Crippen MR) is 362 cm³/mol. The fraction of sp³-hybridized carbons (Fsp3) is 0.727. The average Bonchev–Trinajstić information content (AvgIpc) is 3.49. The molecular weight excluding hydrogens is 1020 g/mol. The number of rotatable bonds is 64. The van der Waals surface area contributed by atoms with Crippen LogP contribution in [0.15, 0.2) is 109 Å². The minimum atomic E-state index is -0.793. The first-order valence-corrected chi connectivity index (χ1v) is 35.4. The standard InChI is InChI=1S/C77H132O6/c1-4-7-10-13-16-19-22-25-28-31-33-35-37-38-40-41-43-46-49-52-55-58-61-64-67-70-76(79)82-73-74(72-81-75(78)69-66-63-60-57-54-51-48-45-30-27-24-21-18-15-12-9-6-3)83-77(80)71-68-65-62-59-56-53-50-47-44-42-39-36-34-32-29-26-23-20-17-14-11-8-5-2/h9,12,18,21-23,25-27,30-34,37-39,42,74H,4-8,10-11,13-17,19-20,24,28-29,35-36,40-41,43-73H2,1-3H3/b12-9-,21-18-,25-22-,26-23-,30-27-,33-31-,34-32-,38-37-,42-39-. The lowest BCUT2D eigenvalue weighted by molar-refractivity contribution is -0.167. The van der Waals surface area contributed by atoms with E-state index >= 15 is 0 Å². The molecule has 6 heteroatoms. The Morgan fingerprint density at radius 2 is 0.470 bits per heavy atom. The smallest absolute Gasteiger partial charge is 0.306 e. The molecular formula is C77H132O6. The maximum atomic E-state index is 13.0. The van der Waals surface area contributed by atoms with Crippen molar-refractivity contribution in [3.63, 3.8) is 0 Å². The van der Waals surface area contributed by atoms with Gasteiger partial charge in [0.2, 0.25) is 0 Å². The fourth-order valence-corrected chi connectivity index (χ4v) is 9.94. The highest BCUT2D eigenvalue weighted by Crippen LogP contribution is 2.16. The molecule has 0 bridgehead atoms. The number of allylic oxidation sites excluding steroid dienone is 18. The average molecular weight is 1150 g/mol. The van der Waals surface area contributed by atoms with Gasteiger partial charge in [-0.3, -0.25) is 14.4 Å². The predicted octanol–water partition coefficient (Wildman–Crippen LogP) is 24.6. The molecule has 6 nitrogen and oxygen atoms in total. The zero-order valence-electron chi connectivity index (χ0n) is 54.7. The van der Waals surface area contributed by atoms with Crippen LogP contribution in [0.2, 0.25) is 0 Å². The van der Waals surface area contributed by atoms with Crippen molar-refractivity contribution in [1.29, 1.82) is 0 Å². The summed E-state index contributed by atoms with van der Waals surface area (Å²) in [6, 6.07) is 0. The van der Waals surface area contributed by atoms with Crippen LogP contribution in [0.5, 0.6) is 0 Å². The lowest BCUT2D eigenvalue weighted by Gasteiger charge is -2.18. The van der Waals surface area contributed by atoms with Gasteiger partial charge < -0.3 is 14.2 Å². The highest BCUT2D eigenvalue weighted by molar-refractivity contribution is 5.71. The molecule has 0 saturated heterocycles. The van der Waals surface area contributed by atoms with Crippen LogP contribution in [0.3, 0.4) is 0 Å². The molecule has 0 aromatic rings. The van der Waals surface area contributed by atoms with Crippen LogP contribution in [0.1, 0.15) is 342 Å². The van der Waals surface area contributed by atoms with Crippen molar-refractivity contribution < 1.29 is 28.6 Å². The topological polar surface area (TPSA) is 78.9 Å². The molecule has 83 heavy (non-hydrogen) atoms. The highest BCUT2D eigenvalue weighted by atomic mass is 16.6. The van der Waals surface area contributed by atoms with Crippen molar-refractivity contribution >= 4 is 17.9 Å². The molecule has 0 fully saturated rings. The molecule has 0 N–H and O–H groups in total. The van der Waals surface area contributed by atoms with Crippen LogP contribution in [0, 0.1) is 0 Å². The van der Waals surface area contributed by atoms with Gasteiger partial charge in [-0.1, -0.05) is 304 Å². The Bertz CT molecular complexity index is 1660. The number of hydrogen-bond donors (Lipinski definition) is 0. The molecule has 0 aromatic heterocycles. The summed E-state index contributed by atoms with van der Waals surface area (Å²) in [5.74, 6) is -0.895. The zero-order valence-corrected chi connectivity index (χ0v) is 54.7. The minimum Gasteiger partial charge on any atom is -0.462 e. The van der Waals surface area contributed by atoms with Crippen molar-refractivity contribution in [3.8, 4) is 0 Å². The monoisotopic (exact) mass is 1150 g/mol. The molecule has 0 heterocycles. The van der Waals surface area contributed by atoms with Crippen molar-refractivity contribution in [2.75, 3.05) is 13.2 Å². The van der Waals surface area contributed by atoms with Crippen LogP contribution in [-0.2, 0) is 28.6 Å². The van der Waals surface area contributed by atoms with Crippen LogP contribution in [-0.4, -0.2) is 37.2 Å². The van der Waals surface area contributed by atoms with Gasteiger partial charge in [-0.25, -0.2) is 0 Å². The van der Waals surface area contributed by atoms with Crippen molar-refractivity contribution in [2.24, 2.45) is 0 Å². The Balaban J connectivity index is 4.39. The van der Waals surface area contributed by atoms with Gasteiger partial charge in [-0.2, -0.15) is 0 Å². The van der Waals surface area contributed by atoms with Crippen LogP contribution < -0.4 is 0 Å². The second-order valence-electron chi connectivity index (χ2n) is 23.4. The van der Waals surface area contributed by atoms with E-state index in [-0.39, 0.29) is 31.1 Å². The second-order valence-corrected chi connectivity index (χ2v) is 23.4. The van der Waals surface area contributed by atoms with E-state index in [0.29, 0.717) is 19.3 Å². The Hall–Kier alpha value is -3.93. The van der Waals surface area contributed by atoms with Gasteiger partial charge in [0, 0.05) is 19.3 Å². The van der Waals surface area contributed by atoms with Crippen LogP contribution in [0.25, 0.3) is 0 Å². The van der Waals surface area contributed by atoms with E-state index in [1.54, 1.807) is 0 Å². The Kier molecular flexibility index (Phi) is 67.2. The number of unbranched alkanes of at least 4 members (excludes halogenated alkanes) is 35. The molecule has 0 rings (SSSR count). The van der Waals surface area contributed by atoms with Gasteiger partial charge in [0.15, 0.2) is 6.10 Å². The molecule has 0 spiro atoms. The summed E-state index contributed by atoms with van der Waals surface area (Å²) in [6.45, 7) is 6.52. The van der Waals surface area contributed by atoms with Gasteiger partial charge in [-0.05, 0) is 128 Å². The highest BCUT2D eigenvalue weighted by Gasteiger charge is 2.19. The zero-order chi connectivity index (χ0) is 59.9. The Morgan fingerprint density at radius 1 is 0.253 bits per heavy atom. The Morgan fingerprint density at radius 3 is 0.735 bits per heavy atom. The van der Waals surface area contributed by atoms with Crippen LogP contribution in [0.4, 0.5) is 0 Å². The minimum absolute atomic E-state index is 0.0865. The third-order valence-corrected chi connectivity index (χ3v) is 15.2. The Labute approximate surface area is 514 Å². The SMILES string of the molecule is CC/C=C\C/C=C\C/C=C\CCCCCCCCCC(=O)OCC(COC(=O)CCCCCCCCCCCC/C=C\C/C=C\C/C=C\CCCCCCC)OC(=O)CCCCCCCCCC/C=C\C/C=C\C/C=C\CCCCCCC. The molecule has 1 atom stereocenters. The van der Waals surface area contributed by atoms with E-state index in [1.165, 1.54) is 186 Å². The van der Waals surface area contributed by atoms with Crippen molar-refractivity contribution in [1.82, 2.24) is 0 Å². The van der Waals surface area contributed by atoms with E-state index in [9.17, 15) is 14.4 Å². The molecule has 0 radical (unpaired) electrons. The molecule has 1 unspecified atom stereocenters. The first kappa shape index (κ1) is 79.1. The maximum Gasteiger partial charge on any atom is 0.306 e. The molecule has 0 aliphatic carbocycles. The van der Waals surface area contributed by atoms with Gasteiger partial charge in [-0.15, -0.1) is 0 Å². The van der Waals surface area contributed by atoms with E-state index in [0.717, 1.165) is 116 Å². The molecule has 0 amide bonds. The fourth-order valence-electron chi connectivity index (χ4n) is 9.94. The van der Waals surface area contributed by atoms with Crippen molar-refractivity contribution in [3.05, 3.63) is 109 Å².